The smallest absolute Gasteiger partial charge is 0.330 e. The van der Waals surface area contributed by atoms with E-state index in [1.165, 1.54) is 11.3 Å². The third-order valence-corrected chi connectivity index (χ3v) is 2.68. The van der Waals surface area contributed by atoms with E-state index in [0.717, 1.165) is 5.13 Å². The molecule has 2 rings (SSSR count). The monoisotopic (exact) mass is 196 g/mol. The Morgan fingerprint density at radius 1 is 1.77 bits per heavy atom. The molecule has 1 unspecified atom stereocenters. The molecule has 1 N–H and O–H groups in total. The predicted octanol–water partition coefficient (Wildman–Crippen LogP) is 0.972. The molecule has 0 aromatic carbocycles. The molecule has 1 aromatic rings. The highest BCUT2D eigenvalue weighted by Crippen LogP contribution is 2.23. The molecule has 0 radical (unpaired) electrons. The third kappa shape index (κ3) is 1.42. The summed E-state index contributed by atoms with van der Waals surface area (Å²) in [5.74, 6) is -0.830. The Morgan fingerprint density at radius 3 is 3.23 bits per heavy atom. The fraction of sp³-hybridized carbons (Fsp3) is 0.250. The first-order valence-electron chi connectivity index (χ1n) is 3.84. The molecular formula is C8H8N2O2S. The quantitative estimate of drug-likeness (QED) is 0.716. The molecule has 1 aliphatic rings. The van der Waals surface area contributed by atoms with E-state index < -0.39 is 12.0 Å². The van der Waals surface area contributed by atoms with E-state index in [2.05, 4.69) is 4.98 Å². The minimum absolute atomic E-state index is 0.550. The lowest BCUT2D eigenvalue weighted by Crippen LogP contribution is -2.36. The fourth-order valence-electron chi connectivity index (χ4n) is 1.29. The molecule has 68 valence electrons. The molecule has 1 aromatic heterocycles. The van der Waals surface area contributed by atoms with Crippen molar-refractivity contribution in [1.29, 1.82) is 0 Å². The standard InChI is InChI=1S/C8H8N2O2S/c11-7(12)6-2-1-4-10(6)8-9-3-5-13-8/h1-3,5-6H,4H2,(H,11,12). The number of carboxylic acid groups (broad SMARTS) is 1. The molecule has 5 heteroatoms. The van der Waals surface area contributed by atoms with E-state index in [0.29, 0.717) is 6.54 Å². The van der Waals surface area contributed by atoms with Crippen LogP contribution in [0, 0.1) is 0 Å². The number of rotatable bonds is 2. The van der Waals surface area contributed by atoms with Crippen molar-refractivity contribution in [3.05, 3.63) is 23.7 Å². The molecule has 1 atom stereocenters. The van der Waals surface area contributed by atoms with E-state index in [-0.39, 0.29) is 0 Å². The first-order chi connectivity index (χ1) is 6.29. The van der Waals surface area contributed by atoms with E-state index >= 15 is 0 Å². The number of anilines is 1. The molecule has 1 aliphatic heterocycles. The van der Waals surface area contributed by atoms with Gasteiger partial charge in [-0.2, -0.15) is 0 Å². The van der Waals surface area contributed by atoms with Crippen LogP contribution in [0.3, 0.4) is 0 Å². The number of hydrogen-bond acceptors (Lipinski definition) is 4. The second-order valence-electron chi connectivity index (χ2n) is 2.68. The Bertz CT molecular complexity index is 334. The molecule has 0 saturated heterocycles. The van der Waals surface area contributed by atoms with Gasteiger partial charge in [-0.25, -0.2) is 9.78 Å². The third-order valence-electron chi connectivity index (χ3n) is 1.87. The zero-order valence-corrected chi connectivity index (χ0v) is 7.57. The number of thiazole rings is 1. The van der Waals surface area contributed by atoms with E-state index in [4.69, 9.17) is 5.11 Å². The number of hydrogen-bond donors (Lipinski definition) is 1. The first-order valence-corrected chi connectivity index (χ1v) is 4.72. The van der Waals surface area contributed by atoms with Gasteiger partial charge in [-0.1, -0.05) is 12.2 Å². The van der Waals surface area contributed by atoms with Crippen molar-refractivity contribution in [1.82, 2.24) is 4.98 Å². The largest absolute Gasteiger partial charge is 0.479 e. The number of aliphatic carboxylic acids is 1. The van der Waals surface area contributed by atoms with Crippen LogP contribution < -0.4 is 4.90 Å². The van der Waals surface area contributed by atoms with Crippen LogP contribution in [0.5, 0.6) is 0 Å². The molecule has 2 heterocycles. The van der Waals surface area contributed by atoms with Gasteiger partial charge in [-0.3, -0.25) is 0 Å². The van der Waals surface area contributed by atoms with Crippen LogP contribution in [0.4, 0.5) is 5.13 Å². The number of nitrogens with zero attached hydrogens (tertiary/aromatic N) is 2. The highest BCUT2D eigenvalue weighted by Gasteiger charge is 2.27. The molecule has 0 aliphatic carbocycles. The van der Waals surface area contributed by atoms with Gasteiger partial charge in [0.2, 0.25) is 0 Å². The van der Waals surface area contributed by atoms with Gasteiger partial charge in [0.15, 0.2) is 5.13 Å². The van der Waals surface area contributed by atoms with Crippen molar-refractivity contribution in [2.75, 3.05) is 11.4 Å². The van der Waals surface area contributed by atoms with Crippen molar-refractivity contribution < 1.29 is 9.90 Å². The zero-order valence-electron chi connectivity index (χ0n) is 6.75. The van der Waals surface area contributed by atoms with Crippen LogP contribution in [0.15, 0.2) is 23.7 Å². The van der Waals surface area contributed by atoms with E-state index in [1.54, 1.807) is 17.2 Å². The Balaban J connectivity index is 2.22. The maximum absolute atomic E-state index is 10.8. The van der Waals surface area contributed by atoms with Crippen LogP contribution in [0.1, 0.15) is 0 Å². The normalized spacial score (nSPS) is 20.9. The number of carbonyl (C=O) groups is 1. The van der Waals surface area contributed by atoms with Crippen LogP contribution in [-0.2, 0) is 4.79 Å². The maximum Gasteiger partial charge on any atom is 0.330 e. The molecule has 0 bridgehead atoms. The lowest BCUT2D eigenvalue weighted by molar-refractivity contribution is -0.137. The van der Waals surface area contributed by atoms with E-state index in [9.17, 15) is 4.79 Å². The summed E-state index contributed by atoms with van der Waals surface area (Å²) in [5, 5.41) is 11.5. The van der Waals surface area contributed by atoms with Crippen molar-refractivity contribution >= 4 is 22.4 Å². The molecule has 13 heavy (non-hydrogen) atoms. The Kier molecular flexibility index (Phi) is 2.02. The zero-order chi connectivity index (χ0) is 9.26. The van der Waals surface area contributed by atoms with Gasteiger partial charge in [0.05, 0.1) is 0 Å². The van der Waals surface area contributed by atoms with Crippen LogP contribution in [0.2, 0.25) is 0 Å². The number of carboxylic acids is 1. The summed E-state index contributed by atoms with van der Waals surface area (Å²) in [4.78, 5) is 16.6. The average Bonchev–Trinajstić information content (AvgIpc) is 2.74. The summed E-state index contributed by atoms with van der Waals surface area (Å²) in [7, 11) is 0. The molecule has 0 spiro atoms. The van der Waals surface area contributed by atoms with Crippen LogP contribution >= 0.6 is 11.3 Å². The van der Waals surface area contributed by atoms with Gasteiger partial charge in [-0.05, 0) is 0 Å². The van der Waals surface area contributed by atoms with Crippen molar-refractivity contribution in [3.8, 4) is 0 Å². The second-order valence-corrected chi connectivity index (χ2v) is 3.55. The Hall–Kier alpha value is -1.36. The Labute approximate surface area is 79.1 Å². The van der Waals surface area contributed by atoms with Crippen molar-refractivity contribution in [3.63, 3.8) is 0 Å². The van der Waals surface area contributed by atoms with Gasteiger partial charge < -0.3 is 10.0 Å². The maximum atomic E-state index is 10.8. The molecule has 4 nitrogen and oxygen atoms in total. The van der Waals surface area contributed by atoms with Crippen LogP contribution in [-0.4, -0.2) is 28.6 Å². The highest BCUT2D eigenvalue weighted by molar-refractivity contribution is 7.13. The van der Waals surface area contributed by atoms with Gasteiger partial charge in [-0.15, -0.1) is 11.3 Å². The molecule has 0 amide bonds. The number of aromatic nitrogens is 1. The molecule has 0 saturated carbocycles. The minimum atomic E-state index is -0.830. The summed E-state index contributed by atoms with van der Waals surface area (Å²) in [6, 6.07) is -0.550. The average molecular weight is 196 g/mol. The summed E-state index contributed by atoms with van der Waals surface area (Å²) >= 11 is 1.45. The summed E-state index contributed by atoms with van der Waals surface area (Å²) < 4.78 is 0. The summed E-state index contributed by atoms with van der Waals surface area (Å²) in [6.07, 6.45) is 5.21. The summed E-state index contributed by atoms with van der Waals surface area (Å²) in [6.45, 7) is 0.629. The minimum Gasteiger partial charge on any atom is -0.479 e. The van der Waals surface area contributed by atoms with Crippen LogP contribution in [0.25, 0.3) is 0 Å². The Morgan fingerprint density at radius 2 is 2.62 bits per heavy atom. The predicted molar refractivity (Wildman–Crippen MR) is 50.0 cm³/mol. The summed E-state index contributed by atoms with van der Waals surface area (Å²) in [5.41, 5.74) is 0. The van der Waals surface area contributed by atoms with Crippen molar-refractivity contribution in [2.45, 2.75) is 6.04 Å². The molecule has 0 fully saturated rings. The second kappa shape index (κ2) is 3.18. The van der Waals surface area contributed by atoms with Crippen molar-refractivity contribution in [2.24, 2.45) is 0 Å². The fourth-order valence-corrected chi connectivity index (χ4v) is 1.98. The lowest BCUT2D eigenvalue weighted by Gasteiger charge is -2.19. The van der Waals surface area contributed by atoms with Gasteiger partial charge >= 0.3 is 5.97 Å². The van der Waals surface area contributed by atoms with E-state index in [1.807, 2.05) is 11.5 Å². The lowest BCUT2D eigenvalue weighted by atomic mass is 10.3. The topological polar surface area (TPSA) is 53.4 Å². The van der Waals surface area contributed by atoms with Gasteiger partial charge in [0.1, 0.15) is 6.04 Å². The molecular weight excluding hydrogens is 188 g/mol. The SMILES string of the molecule is O=C(O)C1C=CCN1c1nccs1. The van der Waals surface area contributed by atoms with Gasteiger partial charge in [0, 0.05) is 18.1 Å². The highest BCUT2D eigenvalue weighted by atomic mass is 32.1. The van der Waals surface area contributed by atoms with Gasteiger partial charge in [0.25, 0.3) is 0 Å². The first kappa shape index (κ1) is 8.25.